The third-order valence-electron chi connectivity index (χ3n) is 2.22. The Kier molecular flexibility index (Phi) is 4.19. The van der Waals surface area contributed by atoms with E-state index in [-0.39, 0.29) is 24.3 Å². The molecule has 16 heavy (non-hydrogen) atoms. The van der Waals surface area contributed by atoms with Gasteiger partial charge < -0.3 is 16.2 Å². The molecule has 6 nitrogen and oxygen atoms in total. The van der Waals surface area contributed by atoms with Crippen LogP contribution in [0.5, 0.6) is 0 Å². The summed E-state index contributed by atoms with van der Waals surface area (Å²) in [7, 11) is 0. The normalized spacial score (nSPS) is 12.5. The summed E-state index contributed by atoms with van der Waals surface area (Å²) in [4.78, 5) is 18.7. The molecule has 1 rings (SSSR count). The van der Waals surface area contributed by atoms with Gasteiger partial charge in [0, 0.05) is 0 Å². The topological polar surface area (TPSA) is 101 Å². The van der Waals surface area contributed by atoms with Gasteiger partial charge in [-0.1, -0.05) is 13.8 Å². The van der Waals surface area contributed by atoms with E-state index in [4.69, 9.17) is 10.8 Å². The molecule has 1 atom stereocenters. The number of anilines is 1. The Balaban J connectivity index is 2.80. The van der Waals surface area contributed by atoms with E-state index in [0.29, 0.717) is 5.82 Å². The van der Waals surface area contributed by atoms with Gasteiger partial charge in [-0.05, 0) is 5.92 Å². The van der Waals surface area contributed by atoms with E-state index in [1.54, 1.807) is 0 Å². The van der Waals surface area contributed by atoms with Crippen molar-refractivity contribution in [3.05, 3.63) is 18.1 Å². The third kappa shape index (κ3) is 3.16. The first-order valence-corrected chi connectivity index (χ1v) is 5.03. The Morgan fingerprint density at radius 1 is 1.56 bits per heavy atom. The van der Waals surface area contributed by atoms with Crippen LogP contribution in [-0.4, -0.2) is 33.6 Å². The molecule has 1 amide bonds. The molecule has 0 spiro atoms. The number of nitrogens with two attached hydrogens (primary N) is 1. The molecule has 1 heterocycles. The number of nitrogens with zero attached hydrogens (tertiary/aromatic N) is 2. The second-order valence-corrected chi connectivity index (χ2v) is 3.83. The number of hydrogen-bond acceptors (Lipinski definition) is 5. The maximum Gasteiger partial charge on any atom is 0.268 e. The molecule has 1 aromatic rings. The van der Waals surface area contributed by atoms with Crippen LogP contribution in [0.15, 0.2) is 12.4 Å². The molecule has 0 saturated heterocycles. The number of nitrogens with one attached hydrogen (secondary N) is 1. The zero-order valence-electron chi connectivity index (χ0n) is 9.34. The molecular weight excluding hydrogens is 208 g/mol. The number of aromatic nitrogens is 2. The largest absolute Gasteiger partial charge is 0.394 e. The van der Waals surface area contributed by atoms with Gasteiger partial charge in [0.1, 0.15) is 11.5 Å². The molecule has 88 valence electrons. The third-order valence-corrected chi connectivity index (χ3v) is 2.22. The van der Waals surface area contributed by atoms with Gasteiger partial charge in [-0.25, -0.2) is 4.98 Å². The van der Waals surface area contributed by atoms with Crippen molar-refractivity contribution < 1.29 is 9.90 Å². The number of amides is 1. The number of rotatable bonds is 5. The summed E-state index contributed by atoms with van der Waals surface area (Å²) in [6.07, 6.45) is 2.79. The van der Waals surface area contributed by atoms with E-state index in [1.165, 1.54) is 12.4 Å². The lowest BCUT2D eigenvalue weighted by Crippen LogP contribution is -2.30. The van der Waals surface area contributed by atoms with Gasteiger partial charge in [-0.15, -0.1) is 0 Å². The summed E-state index contributed by atoms with van der Waals surface area (Å²) in [6, 6.07) is -0.127. The SMILES string of the molecule is CC(C)[C@@H](CO)Nc1cncc(C(N)=O)n1. The molecule has 0 aliphatic rings. The van der Waals surface area contributed by atoms with Crippen LogP contribution < -0.4 is 11.1 Å². The van der Waals surface area contributed by atoms with Crippen LogP contribution in [0, 0.1) is 5.92 Å². The summed E-state index contributed by atoms with van der Waals surface area (Å²) < 4.78 is 0. The molecule has 0 unspecified atom stereocenters. The van der Waals surface area contributed by atoms with Crippen LogP contribution in [0.4, 0.5) is 5.82 Å². The van der Waals surface area contributed by atoms with Crippen LogP contribution in [0.25, 0.3) is 0 Å². The van der Waals surface area contributed by atoms with E-state index in [0.717, 1.165) is 0 Å². The fourth-order valence-electron chi connectivity index (χ4n) is 1.17. The highest BCUT2D eigenvalue weighted by molar-refractivity contribution is 5.90. The zero-order chi connectivity index (χ0) is 12.1. The van der Waals surface area contributed by atoms with Crippen molar-refractivity contribution in [2.24, 2.45) is 11.7 Å². The molecule has 0 aromatic carbocycles. The van der Waals surface area contributed by atoms with Crippen molar-refractivity contribution >= 4 is 11.7 Å². The quantitative estimate of drug-likeness (QED) is 0.653. The fraction of sp³-hybridized carbons (Fsp3) is 0.500. The van der Waals surface area contributed by atoms with Crippen LogP contribution >= 0.6 is 0 Å². The van der Waals surface area contributed by atoms with E-state index in [9.17, 15) is 4.79 Å². The molecule has 0 bridgehead atoms. The smallest absolute Gasteiger partial charge is 0.268 e. The Hall–Kier alpha value is -1.69. The molecule has 0 radical (unpaired) electrons. The average Bonchev–Trinajstić information content (AvgIpc) is 2.25. The van der Waals surface area contributed by atoms with Gasteiger partial charge in [-0.3, -0.25) is 9.78 Å². The molecule has 1 aromatic heterocycles. The standard InChI is InChI=1S/C10H16N4O2/c1-6(2)8(5-15)14-9-4-12-3-7(13-9)10(11)16/h3-4,6,8,15H,5H2,1-2H3,(H2,11,16)(H,13,14)/t8-/m1/s1. The lowest BCUT2D eigenvalue weighted by atomic mass is 10.1. The summed E-state index contributed by atoms with van der Waals surface area (Å²) >= 11 is 0. The van der Waals surface area contributed by atoms with Gasteiger partial charge in [0.25, 0.3) is 5.91 Å². The van der Waals surface area contributed by atoms with Crippen molar-refractivity contribution in [3.63, 3.8) is 0 Å². The first-order valence-electron chi connectivity index (χ1n) is 5.03. The maximum atomic E-state index is 10.9. The summed E-state index contributed by atoms with van der Waals surface area (Å²) in [5.41, 5.74) is 5.19. The van der Waals surface area contributed by atoms with E-state index in [2.05, 4.69) is 15.3 Å². The van der Waals surface area contributed by atoms with Crippen molar-refractivity contribution in [1.29, 1.82) is 0 Å². The van der Waals surface area contributed by atoms with E-state index >= 15 is 0 Å². The van der Waals surface area contributed by atoms with E-state index in [1.807, 2.05) is 13.8 Å². The Labute approximate surface area is 93.9 Å². The molecule has 6 heteroatoms. The van der Waals surface area contributed by atoms with Gasteiger partial charge in [0.2, 0.25) is 0 Å². The Morgan fingerprint density at radius 2 is 2.25 bits per heavy atom. The number of aliphatic hydroxyl groups excluding tert-OH is 1. The number of aliphatic hydroxyl groups is 1. The Bertz CT molecular complexity index is 368. The first-order chi connectivity index (χ1) is 7.54. The van der Waals surface area contributed by atoms with Gasteiger partial charge in [-0.2, -0.15) is 0 Å². The predicted octanol–water partition coefficient (Wildman–Crippen LogP) is 0.00430. The monoisotopic (exact) mass is 224 g/mol. The summed E-state index contributed by atoms with van der Waals surface area (Å²) in [5.74, 6) is 0.0503. The minimum Gasteiger partial charge on any atom is -0.394 e. The Morgan fingerprint density at radius 3 is 2.75 bits per heavy atom. The zero-order valence-corrected chi connectivity index (χ0v) is 9.34. The van der Waals surface area contributed by atoms with E-state index < -0.39 is 5.91 Å². The molecule has 0 saturated carbocycles. The second-order valence-electron chi connectivity index (χ2n) is 3.83. The van der Waals surface area contributed by atoms with Crippen molar-refractivity contribution in [2.45, 2.75) is 19.9 Å². The second kappa shape index (κ2) is 5.41. The van der Waals surface area contributed by atoms with Crippen LogP contribution in [0.2, 0.25) is 0 Å². The summed E-state index contributed by atoms with van der Waals surface area (Å²) in [5, 5.41) is 12.1. The van der Waals surface area contributed by atoms with Crippen LogP contribution in [0.3, 0.4) is 0 Å². The van der Waals surface area contributed by atoms with Gasteiger partial charge in [0.15, 0.2) is 0 Å². The predicted molar refractivity (Wildman–Crippen MR) is 59.9 cm³/mol. The van der Waals surface area contributed by atoms with Gasteiger partial charge >= 0.3 is 0 Å². The fourth-order valence-corrected chi connectivity index (χ4v) is 1.17. The number of carbonyl (C=O) groups is 1. The minimum absolute atomic E-state index is 0.0137. The molecular formula is C10H16N4O2. The average molecular weight is 224 g/mol. The van der Waals surface area contributed by atoms with Crippen LogP contribution in [-0.2, 0) is 0 Å². The van der Waals surface area contributed by atoms with Gasteiger partial charge in [0.05, 0.1) is 25.0 Å². The number of carbonyl (C=O) groups excluding carboxylic acids is 1. The highest BCUT2D eigenvalue weighted by Gasteiger charge is 2.13. The number of primary amides is 1. The molecule has 0 aliphatic carbocycles. The van der Waals surface area contributed by atoms with Crippen molar-refractivity contribution in [2.75, 3.05) is 11.9 Å². The highest BCUT2D eigenvalue weighted by Crippen LogP contribution is 2.09. The number of hydrogen-bond donors (Lipinski definition) is 3. The van der Waals surface area contributed by atoms with Crippen molar-refractivity contribution in [3.8, 4) is 0 Å². The minimum atomic E-state index is -0.624. The highest BCUT2D eigenvalue weighted by atomic mass is 16.3. The maximum absolute atomic E-state index is 10.9. The molecule has 4 N–H and O–H groups in total. The molecule has 0 aliphatic heterocycles. The molecule has 0 fully saturated rings. The lowest BCUT2D eigenvalue weighted by molar-refractivity contribution is 0.0995. The lowest BCUT2D eigenvalue weighted by Gasteiger charge is -2.20. The van der Waals surface area contributed by atoms with Crippen molar-refractivity contribution in [1.82, 2.24) is 9.97 Å². The summed E-state index contributed by atoms with van der Waals surface area (Å²) in [6.45, 7) is 3.93. The van der Waals surface area contributed by atoms with Crippen LogP contribution in [0.1, 0.15) is 24.3 Å². The first kappa shape index (κ1) is 12.4.